The van der Waals surface area contributed by atoms with Gasteiger partial charge in [0.1, 0.15) is 5.75 Å². The third kappa shape index (κ3) is 3.47. The number of methoxy groups -OCH3 is 1. The second kappa shape index (κ2) is 6.63. The fourth-order valence-electron chi connectivity index (χ4n) is 2.78. The van der Waals surface area contributed by atoms with Gasteiger partial charge in [-0.15, -0.1) is 0 Å². The van der Waals surface area contributed by atoms with Gasteiger partial charge in [0.25, 0.3) is 0 Å². The van der Waals surface area contributed by atoms with E-state index in [0.29, 0.717) is 0 Å². The molecule has 0 aromatic heterocycles. The van der Waals surface area contributed by atoms with Crippen molar-refractivity contribution in [3.8, 4) is 5.75 Å². The molecule has 0 heterocycles. The third-order valence-electron chi connectivity index (χ3n) is 3.78. The summed E-state index contributed by atoms with van der Waals surface area (Å²) in [4.78, 5) is 0. The third-order valence-corrected chi connectivity index (χ3v) is 4.24. The van der Waals surface area contributed by atoms with Gasteiger partial charge >= 0.3 is 0 Å². The van der Waals surface area contributed by atoms with Crippen LogP contribution >= 0.6 is 15.9 Å². The van der Waals surface area contributed by atoms with Crippen LogP contribution in [0, 0.1) is 20.8 Å². The zero-order valence-electron chi connectivity index (χ0n) is 13.3. The molecular weight excluding hydrogens is 326 g/mol. The molecule has 0 bridgehead atoms. The van der Waals surface area contributed by atoms with Crippen LogP contribution in [0.3, 0.4) is 0 Å². The van der Waals surface area contributed by atoms with Crippen LogP contribution in [0.1, 0.15) is 33.9 Å². The van der Waals surface area contributed by atoms with Crippen LogP contribution in [-0.2, 0) is 0 Å². The molecule has 0 aliphatic carbocycles. The van der Waals surface area contributed by atoms with E-state index in [4.69, 9.17) is 4.74 Å². The van der Waals surface area contributed by atoms with E-state index < -0.39 is 0 Å². The maximum Gasteiger partial charge on any atom is 0.122 e. The topological polar surface area (TPSA) is 21.3 Å². The quantitative estimate of drug-likeness (QED) is 0.865. The average molecular weight is 348 g/mol. The molecule has 0 saturated carbocycles. The van der Waals surface area contributed by atoms with Crippen LogP contribution in [0.25, 0.3) is 0 Å². The van der Waals surface area contributed by atoms with E-state index in [1.807, 2.05) is 7.05 Å². The first-order chi connectivity index (χ1) is 9.96. The second-order valence-electron chi connectivity index (χ2n) is 5.46. The zero-order valence-corrected chi connectivity index (χ0v) is 14.8. The Labute approximate surface area is 135 Å². The Hall–Kier alpha value is -1.32. The highest BCUT2D eigenvalue weighted by atomic mass is 79.9. The van der Waals surface area contributed by atoms with Gasteiger partial charge in [-0.25, -0.2) is 0 Å². The Balaban J connectivity index is 2.53. The predicted octanol–water partition coefficient (Wildman–Crippen LogP) is 4.69. The van der Waals surface area contributed by atoms with E-state index >= 15 is 0 Å². The molecule has 0 amide bonds. The number of benzene rings is 2. The molecule has 0 aliphatic heterocycles. The van der Waals surface area contributed by atoms with Crippen molar-refractivity contribution in [1.29, 1.82) is 0 Å². The van der Waals surface area contributed by atoms with Crippen molar-refractivity contribution < 1.29 is 4.74 Å². The van der Waals surface area contributed by atoms with E-state index in [2.05, 4.69) is 72.3 Å². The van der Waals surface area contributed by atoms with E-state index in [1.165, 1.54) is 22.3 Å². The number of hydrogen-bond acceptors (Lipinski definition) is 2. The van der Waals surface area contributed by atoms with Gasteiger partial charge in [0.15, 0.2) is 0 Å². The van der Waals surface area contributed by atoms with Gasteiger partial charge in [-0.1, -0.05) is 28.1 Å². The Morgan fingerprint density at radius 2 is 1.71 bits per heavy atom. The molecule has 3 heteroatoms. The first kappa shape index (κ1) is 16.1. The minimum absolute atomic E-state index is 0.172. The van der Waals surface area contributed by atoms with E-state index in [9.17, 15) is 0 Å². The molecule has 1 atom stereocenters. The molecule has 0 spiro atoms. The molecule has 0 fully saturated rings. The number of hydrogen-bond donors (Lipinski definition) is 1. The fourth-order valence-corrected chi connectivity index (χ4v) is 3.40. The average Bonchev–Trinajstić information content (AvgIpc) is 2.42. The predicted molar refractivity (Wildman–Crippen MR) is 92.2 cm³/mol. The highest BCUT2D eigenvalue weighted by molar-refractivity contribution is 9.10. The van der Waals surface area contributed by atoms with Crippen molar-refractivity contribution in [2.24, 2.45) is 0 Å². The van der Waals surface area contributed by atoms with Gasteiger partial charge < -0.3 is 10.1 Å². The summed E-state index contributed by atoms with van der Waals surface area (Å²) in [7, 11) is 3.72. The van der Waals surface area contributed by atoms with Crippen LogP contribution < -0.4 is 10.1 Å². The molecule has 2 aromatic carbocycles. The zero-order chi connectivity index (χ0) is 15.6. The van der Waals surface area contributed by atoms with Gasteiger partial charge in [-0.05, 0) is 73.8 Å². The van der Waals surface area contributed by atoms with E-state index in [-0.39, 0.29) is 6.04 Å². The van der Waals surface area contributed by atoms with Crippen LogP contribution in [0.2, 0.25) is 0 Å². The summed E-state index contributed by atoms with van der Waals surface area (Å²) in [6, 6.07) is 11.0. The molecule has 0 saturated heterocycles. The minimum atomic E-state index is 0.172. The second-order valence-corrected chi connectivity index (χ2v) is 6.38. The summed E-state index contributed by atoms with van der Waals surface area (Å²) in [6.45, 7) is 6.33. The summed E-state index contributed by atoms with van der Waals surface area (Å²) in [5, 5.41) is 3.43. The Morgan fingerprint density at radius 3 is 2.29 bits per heavy atom. The molecule has 1 unspecified atom stereocenters. The first-order valence-corrected chi connectivity index (χ1v) is 7.85. The number of ether oxygens (including phenoxy) is 1. The SMILES string of the molecule is CNC(c1cc(C)cc(Br)c1)c1cc(C)c(OC)cc1C. The Bertz CT molecular complexity index is 632. The molecule has 21 heavy (non-hydrogen) atoms. The van der Waals surface area contributed by atoms with Crippen molar-refractivity contribution in [3.63, 3.8) is 0 Å². The monoisotopic (exact) mass is 347 g/mol. The van der Waals surface area contributed by atoms with Crippen molar-refractivity contribution in [1.82, 2.24) is 5.32 Å². The summed E-state index contributed by atoms with van der Waals surface area (Å²) < 4.78 is 6.52. The van der Waals surface area contributed by atoms with Gasteiger partial charge in [-0.3, -0.25) is 0 Å². The number of halogens is 1. The van der Waals surface area contributed by atoms with E-state index in [1.54, 1.807) is 7.11 Å². The molecule has 0 aliphatic rings. The lowest BCUT2D eigenvalue weighted by atomic mass is 9.92. The molecule has 2 aromatic rings. The van der Waals surface area contributed by atoms with Gasteiger partial charge in [0, 0.05) is 4.47 Å². The van der Waals surface area contributed by atoms with Crippen molar-refractivity contribution >= 4 is 15.9 Å². The largest absolute Gasteiger partial charge is 0.496 e. The maximum absolute atomic E-state index is 5.41. The van der Waals surface area contributed by atoms with Crippen LogP contribution in [-0.4, -0.2) is 14.2 Å². The Morgan fingerprint density at radius 1 is 1.00 bits per heavy atom. The molecule has 0 radical (unpaired) electrons. The number of aryl methyl sites for hydroxylation is 3. The molecular formula is C18H22BrNO. The van der Waals surface area contributed by atoms with Gasteiger partial charge in [0.2, 0.25) is 0 Å². The van der Waals surface area contributed by atoms with Crippen molar-refractivity contribution in [2.45, 2.75) is 26.8 Å². The smallest absolute Gasteiger partial charge is 0.122 e. The highest BCUT2D eigenvalue weighted by Gasteiger charge is 2.17. The van der Waals surface area contributed by atoms with Crippen molar-refractivity contribution in [3.05, 3.63) is 62.6 Å². The first-order valence-electron chi connectivity index (χ1n) is 7.05. The molecule has 2 rings (SSSR count). The standard InChI is InChI=1S/C18H22BrNO/c1-11-6-14(10-15(19)7-11)18(20-4)16-8-13(3)17(21-5)9-12(16)2/h6-10,18,20H,1-5H3. The lowest BCUT2D eigenvalue weighted by molar-refractivity contribution is 0.411. The van der Waals surface area contributed by atoms with Crippen molar-refractivity contribution in [2.75, 3.05) is 14.2 Å². The molecule has 112 valence electrons. The highest BCUT2D eigenvalue weighted by Crippen LogP contribution is 2.31. The van der Waals surface area contributed by atoms with E-state index in [0.717, 1.165) is 15.8 Å². The van der Waals surface area contributed by atoms with Crippen LogP contribution in [0.15, 0.2) is 34.8 Å². The summed E-state index contributed by atoms with van der Waals surface area (Å²) in [6.07, 6.45) is 0. The van der Waals surface area contributed by atoms with Crippen LogP contribution in [0.5, 0.6) is 5.75 Å². The van der Waals surface area contributed by atoms with Gasteiger partial charge in [0.05, 0.1) is 13.2 Å². The number of nitrogens with one attached hydrogen (secondary N) is 1. The fraction of sp³-hybridized carbons (Fsp3) is 0.333. The lowest BCUT2D eigenvalue weighted by Crippen LogP contribution is -2.19. The summed E-state index contributed by atoms with van der Waals surface area (Å²) in [5.41, 5.74) is 6.19. The minimum Gasteiger partial charge on any atom is -0.496 e. The summed E-state index contributed by atoms with van der Waals surface area (Å²) in [5.74, 6) is 0.941. The van der Waals surface area contributed by atoms with Crippen LogP contribution in [0.4, 0.5) is 0 Å². The Kier molecular flexibility index (Phi) is 5.07. The normalized spacial score (nSPS) is 12.3. The number of rotatable bonds is 4. The summed E-state index contributed by atoms with van der Waals surface area (Å²) >= 11 is 3.59. The molecule has 2 nitrogen and oxygen atoms in total. The lowest BCUT2D eigenvalue weighted by Gasteiger charge is -2.22. The maximum atomic E-state index is 5.41. The van der Waals surface area contributed by atoms with Gasteiger partial charge in [-0.2, -0.15) is 0 Å². The molecule has 1 N–H and O–H groups in total.